The second-order valence-corrected chi connectivity index (χ2v) is 7.74. The number of likely N-dealkylation sites (N-methyl/N-ethyl adjacent to an activating group) is 1. The summed E-state index contributed by atoms with van der Waals surface area (Å²) in [6.07, 6.45) is 10.2. The minimum atomic E-state index is -0.116. The highest BCUT2D eigenvalue weighted by Gasteiger charge is 2.07. The van der Waals surface area contributed by atoms with E-state index in [2.05, 4.69) is 31.9 Å². The van der Waals surface area contributed by atoms with Crippen LogP contribution < -0.4 is 10.6 Å². The third-order valence-electron chi connectivity index (χ3n) is 4.94. The van der Waals surface area contributed by atoms with Gasteiger partial charge < -0.3 is 10.6 Å². The number of amides is 1. The lowest BCUT2D eigenvalue weighted by Gasteiger charge is -2.04. The van der Waals surface area contributed by atoms with Gasteiger partial charge in [-0.2, -0.15) is 15.5 Å². The minimum absolute atomic E-state index is 0.116. The SMILES string of the molecule is CNCCc1ccc(C#N)cc1.Cn1cc(CC(=O)Nc2ccc(-c3cnn(C)c3)cn2)cn1. The van der Waals surface area contributed by atoms with E-state index in [1.165, 1.54) is 5.56 Å². The number of aryl methyl sites for hydroxylation is 2. The Kier molecular flexibility index (Phi) is 8.66. The summed E-state index contributed by atoms with van der Waals surface area (Å²) < 4.78 is 3.41. The summed E-state index contributed by atoms with van der Waals surface area (Å²) in [5.41, 5.74) is 4.81. The molecule has 0 saturated heterocycles. The van der Waals surface area contributed by atoms with Crippen molar-refractivity contribution in [2.75, 3.05) is 18.9 Å². The van der Waals surface area contributed by atoms with E-state index < -0.39 is 0 Å². The fourth-order valence-corrected chi connectivity index (χ4v) is 3.16. The van der Waals surface area contributed by atoms with Gasteiger partial charge in [0, 0.05) is 43.8 Å². The molecular formula is C25H28N8O. The lowest BCUT2D eigenvalue weighted by molar-refractivity contribution is -0.115. The third kappa shape index (κ3) is 7.39. The Labute approximate surface area is 199 Å². The predicted octanol–water partition coefficient (Wildman–Crippen LogP) is 2.72. The first kappa shape index (κ1) is 24.4. The van der Waals surface area contributed by atoms with E-state index in [9.17, 15) is 4.79 Å². The Morgan fingerprint density at radius 3 is 2.24 bits per heavy atom. The van der Waals surface area contributed by atoms with Gasteiger partial charge in [-0.05, 0) is 55.4 Å². The molecule has 0 unspecified atom stereocenters. The van der Waals surface area contributed by atoms with Crippen LogP contribution in [0.5, 0.6) is 0 Å². The van der Waals surface area contributed by atoms with Gasteiger partial charge in [-0.15, -0.1) is 0 Å². The number of nitrogens with one attached hydrogen (secondary N) is 2. The van der Waals surface area contributed by atoms with Crippen LogP contribution in [0.15, 0.2) is 67.4 Å². The molecule has 0 aliphatic carbocycles. The molecule has 174 valence electrons. The molecule has 4 aromatic rings. The Hall–Kier alpha value is -4.29. The molecule has 1 amide bonds. The number of carbonyl (C=O) groups is 1. The van der Waals surface area contributed by atoms with E-state index in [1.807, 2.05) is 63.9 Å². The minimum Gasteiger partial charge on any atom is -0.319 e. The second kappa shape index (κ2) is 12.1. The molecule has 9 nitrogen and oxygen atoms in total. The third-order valence-corrected chi connectivity index (χ3v) is 4.94. The number of anilines is 1. The van der Waals surface area contributed by atoms with Gasteiger partial charge in [-0.1, -0.05) is 12.1 Å². The molecule has 0 spiro atoms. The number of hydrogen-bond donors (Lipinski definition) is 2. The summed E-state index contributed by atoms with van der Waals surface area (Å²) in [6, 6.07) is 13.5. The lowest BCUT2D eigenvalue weighted by Crippen LogP contribution is -2.14. The van der Waals surface area contributed by atoms with Gasteiger partial charge in [0.1, 0.15) is 5.82 Å². The van der Waals surface area contributed by atoms with E-state index >= 15 is 0 Å². The first-order chi connectivity index (χ1) is 16.5. The van der Waals surface area contributed by atoms with Crippen LogP contribution in [0.3, 0.4) is 0 Å². The molecule has 0 radical (unpaired) electrons. The molecule has 0 aliphatic rings. The van der Waals surface area contributed by atoms with Crippen molar-refractivity contribution in [2.24, 2.45) is 14.1 Å². The summed E-state index contributed by atoms with van der Waals surface area (Å²) >= 11 is 0. The second-order valence-electron chi connectivity index (χ2n) is 7.74. The highest BCUT2D eigenvalue weighted by molar-refractivity contribution is 5.91. The predicted molar refractivity (Wildman–Crippen MR) is 131 cm³/mol. The van der Waals surface area contributed by atoms with Crippen LogP contribution in [0, 0.1) is 11.3 Å². The van der Waals surface area contributed by atoms with Crippen LogP contribution in [0.4, 0.5) is 5.82 Å². The van der Waals surface area contributed by atoms with Gasteiger partial charge in [-0.3, -0.25) is 14.2 Å². The standard InChI is InChI=1S/C15H16N6O.C10H12N2/c1-20-9-11(6-17-20)5-15(22)19-14-4-3-12(7-16-14)13-8-18-21(2)10-13;1-12-7-6-9-2-4-10(8-11)5-3-9/h3-4,6-10H,5H2,1-2H3,(H,16,19,22);2-5,12H,6-7H2,1H3. The first-order valence-electron chi connectivity index (χ1n) is 10.8. The summed E-state index contributed by atoms with van der Waals surface area (Å²) in [5, 5.41) is 22.6. The highest BCUT2D eigenvalue weighted by Crippen LogP contribution is 2.18. The number of rotatable bonds is 7. The van der Waals surface area contributed by atoms with Crippen molar-refractivity contribution >= 4 is 11.7 Å². The molecule has 2 N–H and O–H groups in total. The van der Waals surface area contributed by atoms with Crippen molar-refractivity contribution in [1.82, 2.24) is 29.9 Å². The molecule has 3 heterocycles. The number of hydrogen-bond acceptors (Lipinski definition) is 6. The normalized spacial score (nSPS) is 10.2. The van der Waals surface area contributed by atoms with Crippen LogP contribution in [0.2, 0.25) is 0 Å². The fourth-order valence-electron chi connectivity index (χ4n) is 3.16. The number of benzene rings is 1. The topological polar surface area (TPSA) is 113 Å². The quantitative estimate of drug-likeness (QED) is 0.442. The number of aromatic nitrogens is 5. The molecule has 0 fully saturated rings. The lowest BCUT2D eigenvalue weighted by atomic mass is 10.1. The Morgan fingerprint density at radius 1 is 0.941 bits per heavy atom. The van der Waals surface area contributed by atoms with E-state index in [-0.39, 0.29) is 12.3 Å². The van der Waals surface area contributed by atoms with Gasteiger partial charge in [0.25, 0.3) is 0 Å². The van der Waals surface area contributed by atoms with E-state index in [4.69, 9.17) is 5.26 Å². The zero-order chi connectivity index (χ0) is 24.3. The van der Waals surface area contributed by atoms with E-state index in [0.717, 1.165) is 35.2 Å². The molecule has 4 rings (SSSR count). The first-order valence-corrected chi connectivity index (χ1v) is 10.8. The van der Waals surface area contributed by atoms with Gasteiger partial charge in [-0.25, -0.2) is 4.98 Å². The van der Waals surface area contributed by atoms with Gasteiger partial charge in [0.2, 0.25) is 5.91 Å². The number of pyridine rings is 1. The van der Waals surface area contributed by atoms with Crippen molar-refractivity contribution in [3.8, 4) is 17.2 Å². The highest BCUT2D eigenvalue weighted by atomic mass is 16.1. The number of nitriles is 1. The zero-order valence-electron chi connectivity index (χ0n) is 19.6. The van der Waals surface area contributed by atoms with Crippen LogP contribution in [-0.4, -0.2) is 44.0 Å². The van der Waals surface area contributed by atoms with Crippen molar-refractivity contribution in [3.05, 3.63) is 84.1 Å². The van der Waals surface area contributed by atoms with Gasteiger partial charge in [0.05, 0.1) is 30.4 Å². The smallest absolute Gasteiger partial charge is 0.230 e. The van der Waals surface area contributed by atoms with Crippen molar-refractivity contribution < 1.29 is 4.79 Å². The molecule has 1 aromatic carbocycles. The van der Waals surface area contributed by atoms with Crippen molar-refractivity contribution in [3.63, 3.8) is 0 Å². The maximum Gasteiger partial charge on any atom is 0.230 e. The average molecular weight is 457 g/mol. The zero-order valence-corrected chi connectivity index (χ0v) is 19.6. The summed E-state index contributed by atoms with van der Waals surface area (Å²) in [5.74, 6) is 0.413. The number of carbonyl (C=O) groups excluding carboxylic acids is 1. The monoisotopic (exact) mass is 456 g/mol. The van der Waals surface area contributed by atoms with Crippen molar-refractivity contribution in [2.45, 2.75) is 12.8 Å². The average Bonchev–Trinajstić information content (AvgIpc) is 3.46. The van der Waals surface area contributed by atoms with Gasteiger partial charge >= 0.3 is 0 Å². The van der Waals surface area contributed by atoms with Gasteiger partial charge in [0.15, 0.2) is 0 Å². The molecule has 34 heavy (non-hydrogen) atoms. The van der Waals surface area contributed by atoms with E-state index in [0.29, 0.717) is 5.82 Å². The van der Waals surface area contributed by atoms with Crippen LogP contribution >= 0.6 is 0 Å². The number of nitrogens with zero attached hydrogens (tertiary/aromatic N) is 6. The van der Waals surface area contributed by atoms with E-state index in [1.54, 1.807) is 34.0 Å². The van der Waals surface area contributed by atoms with Crippen LogP contribution in [0.25, 0.3) is 11.1 Å². The molecule has 0 aliphatic heterocycles. The summed E-state index contributed by atoms with van der Waals surface area (Å²) in [4.78, 5) is 16.2. The molecule has 0 atom stereocenters. The van der Waals surface area contributed by atoms with Crippen LogP contribution in [-0.2, 0) is 31.7 Å². The summed E-state index contributed by atoms with van der Waals surface area (Å²) in [7, 11) is 5.62. The summed E-state index contributed by atoms with van der Waals surface area (Å²) in [6.45, 7) is 0.978. The maximum absolute atomic E-state index is 11.9. The molecular weight excluding hydrogens is 428 g/mol. The van der Waals surface area contributed by atoms with Crippen LogP contribution in [0.1, 0.15) is 16.7 Å². The fraction of sp³-hybridized carbons (Fsp3) is 0.240. The molecule has 9 heteroatoms. The van der Waals surface area contributed by atoms with Crippen molar-refractivity contribution in [1.29, 1.82) is 5.26 Å². The molecule has 3 aromatic heterocycles. The molecule has 0 saturated carbocycles. The largest absolute Gasteiger partial charge is 0.319 e. The Bertz CT molecular complexity index is 1230. The Balaban J connectivity index is 0.000000229. The maximum atomic E-state index is 11.9. The molecule has 0 bridgehead atoms. The Morgan fingerprint density at radius 2 is 1.68 bits per heavy atom.